The third-order valence-corrected chi connectivity index (χ3v) is 3.95. The summed E-state index contributed by atoms with van der Waals surface area (Å²) in [6.45, 7) is 6.51. The molecule has 25 heavy (non-hydrogen) atoms. The zero-order valence-corrected chi connectivity index (χ0v) is 13.0. The normalized spacial score (nSPS) is 17.5. The average molecular weight is 352 g/mol. The van der Waals surface area contributed by atoms with Crippen LogP contribution in [-0.2, 0) is 0 Å². The van der Waals surface area contributed by atoms with Crippen LogP contribution in [-0.4, -0.2) is 52.8 Å². The van der Waals surface area contributed by atoms with Crippen molar-refractivity contribution in [2.75, 3.05) is 25.0 Å². The number of H-pyrrole nitrogens is 1. The van der Waals surface area contributed by atoms with Gasteiger partial charge in [0.25, 0.3) is 0 Å². The highest BCUT2D eigenvalue weighted by Gasteiger charge is 2.31. The SMILES string of the molecule is [C-]#[N+]c1cnc2[nH]ccc2c1NC1CCN(C(=O)NCC(F)(F)F)C1. The number of carbonyl (C=O) groups is 1. The lowest BCUT2D eigenvalue weighted by Crippen LogP contribution is -2.43. The lowest BCUT2D eigenvalue weighted by Gasteiger charge is -2.19. The second-order valence-corrected chi connectivity index (χ2v) is 5.72. The first-order valence-corrected chi connectivity index (χ1v) is 7.57. The van der Waals surface area contributed by atoms with Crippen LogP contribution in [0.4, 0.5) is 29.3 Å². The number of hydrogen-bond acceptors (Lipinski definition) is 3. The number of pyridine rings is 1. The van der Waals surface area contributed by atoms with Gasteiger partial charge >= 0.3 is 12.2 Å². The summed E-state index contributed by atoms with van der Waals surface area (Å²) >= 11 is 0. The number of hydrogen-bond donors (Lipinski definition) is 3. The smallest absolute Gasteiger partial charge is 0.388 e. The predicted octanol–water partition coefficient (Wildman–Crippen LogP) is 2.87. The number of alkyl halides is 3. The number of likely N-dealkylation sites (tertiary alicyclic amines) is 1. The minimum Gasteiger partial charge on any atom is -0.388 e. The Morgan fingerprint density at radius 1 is 1.52 bits per heavy atom. The van der Waals surface area contributed by atoms with Crippen molar-refractivity contribution in [2.45, 2.75) is 18.6 Å². The molecule has 0 aliphatic carbocycles. The molecule has 2 aromatic rings. The van der Waals surface area contributed by atoms with E-state index in [1.165, 1.54) is 11.1 Å². The van der Waals surface area contributed by atoms with E-state index in [1.807, 2.05) is 5.32 Å². The minimum absolute atomic E-state index is 0.155. The Balaban J connectivity index is 1.67. The molecule has 10 heteroatoms. The third-order valence-electron chi connectivity index (χ3n) is 3.95. The van der Waals surface area contributed by atoms with Crippen LogP contribution in [0.25, 0.3) is 15.9 Å². The van der Waals surface area contributed by atoms with Crippen LogP contribution >= 0.6 is 0 Å². The number of fused-ring (bicyclic) bond motifs is 1. The molecule has 1 saturated heterocycles. The van der Waals surface area contributed by atoms with Gasteiger partial charge < -0.3 is 20.5 Å². The molecule has 1 aliphatic rings. The molecule has 132 valence electrons. The first-order valence-electron chi connectivity index (χ1n) is 7.57. The first kappa shape index (κ1) is 16.9. The van der Waals surface area contributed by atoms with Gasteiger partial charge in [0, 0.05) is 36.9 Å². The summed E-state index contributed by atoms with van der Waals surface area (Å²) < 4.78 is 36.6. The molecule has 3 rings (SSSR count). The molecule has 0 saturated carbocycles. The maximum absolute atomic E-state index is 12.2. The van der Waals surface area contributed by atoms with Crippen molar-refractivity contribution in [3.05, 3.63) is 29.9 Å². The van der Waals surface area contributed by atoms with Gasteiger partial charge in [-0.25, -0.2) is 9.64 Å². The fourth-order valence-corrected chi connectivity index (χ4v) is 2.79. The molecule has 3 N–H and O–H groups in total. The maximum atomic E-state index is 12.2. The Kier molecular flexibility index (Phi) is 4.39. The Labute approximate surface area is 141 Å². The minimum atomic E-state index is -4.44. The van der Waals surface area contributed by atoms with E-state index in [9.17, 15) is 18.0 Å². The monoisotopic (exact) mass is 352 g/mol. The van der Waals surface area contributed by atoms with E-state index in [4.69, 9.17) is 6.57 Å². The fourth-order valence-electron chi connectivity index (χ4n) is 2.79. The summed E-state index contributed by atoms with van der Waals surface area (Å²) in [5.74, 6) is 0. The lowest BCUT2D eigenvalue weighted by atomic mass is 10.2. The van der Waals surface area contributed by atoms with Crippen molar-refractivity contribution < 1.29 is 18.0 Å². The molecule has 0 radical (unpaired) electrons. The molecule has 2 amide bonds. The summed E-state index contributed by atoms with van der Waals surface area (Å²) in [6.07, 6.45) is -0.696. The molecule has 1 atom stereocenters. The second kappa shape index (κ2) is 6.51. The number of rotatable bonds is 3. The van der Waals surface area contributed by atoms with Crippen molar-refractivity contribution >= 4 is 28.4 Å². The lowest BCUT2D eigenvalue weighted by molar-refractivity contribution is -0.123. The summed E-state index contributed by atoms with van der Waals surface area (Å²) in [7, 11) is 0. The van der Waals surface area contributed by atoms with Crippen molar-refractivity contribution in [1.29, 1.82) is 0 Å². The summed E-state index contributed by atoms with van der Waals surface area (Å²) in [5.41, 5.74) is 1.60. The average Bonchev–Trinajstić information content (AvgIpc) is 3.21. The van der Waals surface area contributed by atoms with Crippen LogP contribution < -0.4 is 10.6 Å². The zero-order chi connectivity index (χ0) is 18.0. The van der Waals surface area contributed by atoms with Crippen LogP contribution in [0.1, 0.15) is 6.42 Å². The Morgan fingerprint density at radius 2 is 2.32 bits per heavy atom. The Morgan fingerprint density at radius 3 is 3.04 bits per heavy atom. The molecule has 1 fully saturated rings. The molecule has 7 nitrogen and oxygen atoms in total. The van der Waals surface area contributed by atoms with E-state index in [-0.39, 0.29) is 12.6 Å². The number of anilines is 1. The van der Waals surface area contributed by atoms with Crippen LogP contribution in [0.15, 0.2) is 18.5 Å². The molecule has 0 spiro atoms. The van der Waals surface area contributed by atoms with Gasteiger partial charge in [-0.1, -0.05) is 0 Å². The van der Waals surface area contributed by atoms with Gasteiger partial charge in [-0.05, 0) is 12.5 Å². The zero-order valence-electron chi connectivity index (χ0n) is 13.0. The molecule has 0 bridgehead atoms. The van der Waals surface area contributed by atoms with Crippen LogP contribution in [0, 0.1) is 6.57 Å². The maximum Gasteiger partial charge on any atom is 0.405 e. The molecule has 1 aliphatic heterocycles. The van der Waals surface area contributed by atoms with Gasteiger partial charge in [0.05, 0.1) is 12.3 Å². The highest BCUT2D eigenvalue weighted by atomic mass is 19.4. The second-order valence-electron chi connectivity index (χ2n) is 5.72. The number of aromatic amines is 1. The highest BCUT2D eigenvalue weighted by Crippen LogP contribution is 2.33. The van der Waals surface area contributed by atoms with E-state index in [0.717, 1.165) is 5.39 Å². The van der Waals surface area contributed by atoms with E-state index < -0.39 is 18.8 Å². The molecular weight excluding hydrogens is 337 g/mol. The van der Waals surface area contributed by atoms with Crippen molar-refractivity contribution in [3.63, 3.8) is 0 Å². The van der Waals surface area contributed by atoms with Gasteiger partial charge in [-0.3, -0.25) is 4.98 Å². The van der Waals surface area contributed by atoms with E-state index in [1.54, 1.807) is 12.3 Å². The molecule has 1 unspecified atom stereocenters. The van der Waals surface area contributed by atoms with Crippen LogP contribution in [0.5, 0.6) is 0 Å². The highest BCUT2D eigenvalue weighted by molar-refractivity contribution is 5.96. The van der Waals surface area contributed by atoms with E-state index in [0.29, 0.717) is 30.0 Å². The van der Waals surface area contributed by atoms with Gasteiger partial charge in [-0.2, -0.15) is 13.2 Å². The van der Waals surface area contributed by atoms with Crippen molar-refractivity contribution in [3.8, 4) is 0 Å². The largest absolute Gasteiger partial charge is 0.405 e. The number of halogens is 3. The summed E-state index contributed by atoms with van der Waals surface area (Å²) in [6, 6.07) is 0.897. The third kappa shape index (κ3) is 3.76. The van der Waals surface area contributed by atoms with Crippen LogP contribution in [0.3, 0.4) is 0 Å². The Hall–Kier alpha value is -2.96. The number of amides is 2. The first-order chi connectivity index (χ1) is 11.9. The predicted molar refractivity (Wildman–Crippen MR) is 85.4 cm³/mol. The van der Waals surface area contributed by atoms with E-state index >= 15 is 0 Å². The molecule has 3 heterocycles. The van der Waals surface area contributed by atoms with Crippen molar-refractivity contribution in [1.82, 2.24) is 20.2 Å². The fraction of sp³-hybridized carbons (Fsp3) is 0.400. The quantitative estimate of drug-likeness (QED) is 0.744. The Bertz CT molecular complexity index is 825. The van der Waals surface area contributed by atoms with Gasteiger partial charge in [0.1, 0.15) is 12.2 Å². The van der Waals surface area contributed by atoms with Gasteiger partial charge in [0.2, 0.25) is 5.69 Å². The molecular formula is C15H15F3N6O. The van der Waals surface area contributed by atoms with Gasteiger partial charge in [0.15, 0.2) is 0 Å². The molecule has 2 aromatic heterocycles. The van der Waals surface area contributed by atoms with E-state index in [2.05, 4.69) is 20.1 Å². The number of nitrogens with one attached hydrogen (secondary N) is 3. The number of urea groups is 1. The number of aromatic nitrogens is 2. The van der Waals surface area contributed by atoms with Gasteiger partial charge in [-0.15, -0.1) is 0 Å². The van der Waals surface area contributed by atoms with Crippen LogP contribution in [0.2, 0.25) is 0 Å². The number of nitrogens with zero attached hydrogens (tertiary/aromatic N) is 3. The molecule has 0 aromatic carbocycles. The summed E-state index contributed by atoms with van der Waals surface area (Å²) in [5, 5.41) is 5.85. The number of carbonyl (C=O) groups excluding carboxylic acids is 1. The standard InChI is InChI=1S/C15H15F3N6O/c1-19-11-6-21-13-10(2-4-20-13)12(11)23-9-3-5-24(7-9)14(25)22-8-15(16,17)18/h2,4,6,9H,3,5,7-8H2,(H,22,25)(H2,20,21,23). The topological polar surface area (TPSA) is 77.4 Å². The summed E-state index contributed by atoms with van der Waals surface area (Å²) in [4.78, 5) is 23.7. The van der Waals surface area contributed by atoms with Crippen molar-refractivity contribution in [2.24, 2.45) is 0 Å².